The van der Waals surface area contributed by atoms with Crippen molar-refractivity contribution in [3.63, 3.8) is 0 Å². The molecule has 0 radical (unpaired) electrons. The van der Waals surface area contributed by atoms with Crippen LogP contribution in [-0.4, -0.2) is 35.4 Å². The molecule has 0 aliphatic carbocycles. The third kappa shape index (κ3) is 4.15. The summed E-state index contributed by atoms with van der Waals surface area (Å²) in [4.78, 5) is 19.6. The highest BCUT2D eigenvalue weighted by Crippen LogP contribution is 2.22. The summed E-state index contributed by atoms with van der Waals surface area (Å²) in [5.41, 5.74) is 1.27. The van der Waals surface area contributed by atoms with Crippen molar-refractivity contribution in [2.24, 2.45) is 0 Å². The fourth-order valence-corrected chi connectivity index (χ4v) is 3.92. The minimum absolute atomic E-state index is 0.0235. The van der Waals surface area contributed by atoms with Gasteiger partial charge in [-0.15, -0.1) is 11.3 Å². The molecule has 2 aromatic heterocycles. The van der Waals surface area contributed by atoms with Gasteiger partial charge in [0, 0.05) is 6.54 Å². The van der Waals surface area contributed by atoms with E-state index in [-0.39, 0.29) is 11.9 Å². The van der Waals surface area contributed by atoms with Gasteiger partial charge in [-0.1, -0.05) is 20.8 Å². The molecule has 6 heteroatoms. The van der Waals surface area contributed by atoms with E-state index >= 15 is 0 Å². The monoisotopic (exact) mass is 337 g/mol. The van der Waals surface area contributed by atoms with Crippen molar-refractivity contribution in [1.82, 2.24) is 15.2 Å². The fourth-order valence-electron chi connectivity index (χ4n) is 2.44. The van der Waals surface area contributed by atoms with E-state index in [9.17, 15) is 4.79 Å². The second-order valence-electron chi connectivity index (χ2n) is 4.98. The van der Waals surface area contributed by atoms with Gasteiger partial charge in [-0.05, 0) is 41.9 Å². The maximum Gasteiger partial charge on any atom is 0.263 e. The lowest BCUT2D eigenvalue weighted by Crippen LogP contribution is -2.37. The first-order valence-electron chi connectivity index (χ1n) is 7.68. The number of amides is 1. The van der Waals surface area contributed by atoms with Crippen LogP contribution in [0.15, 0.2) is 23.0 Å². The van der Waals surface area contributed by atoms with E-state index < -0.39 is 0 Å². The Morgan fingerprint density at radius 2 is 2.14 bits per heavy atom. The van der Waals surface area contributed by atoms with Crippen LogP contribution in [0.1, 0.15) is 47.1 Å². The minimum atomic E-state index is -0.0235. The molecule has 0 fully saturated rings. The highest BCUT2D eigenvalue weighted by molar-refractivity contribution is 7.13. The molecule has 1 unspecified atom stereocenters. The molecule has 0 saturated carbocycles. The molecule has 120 valence electrons. The predicted octanol–water partition coefficient (Wildman–Crippen LogP) is 3.58. The molecule has 0 saturated heterocycles. The quantitative estimate of drug-likeness (QED) is 0.801. The largest absolute Gasteiger partial charge is 0.349 e. The average molecular weight is 338 g/mol. The molecule has 0 aliphatic heterocycles. The molecule has 4 nitrogen and oxygen atoms in total. The van der Waals surface area contributed by atoms with Crippen LogP contribution in [0.2, 0.25) is 0 Å². The summed E-state index contributed by atoms with van der Waals surface area (Å²) in [5, 5.41) is 8.32. The van der Waals surface area contributed by atoms with Crippen LogP contribution in [-0.2, 0) is 6.42 Å². The number of nitrogens with zero attached hydrogens (tertiary/aromatic N) is 2. The molecule has 2 heterocycles. The number of rotatable bonds is 8. The summed E-state index contributed by atoms with van der Waals surface area (Å²) < 4.78 is 0. The van der Waals surface area contributed by atoms with E-state index in [2.05, 4.69) is 45.9 Å². The van der Waals surface area contributed by atoms with Crippen LogP contribution in [0.3, 0.4) is 0 Å². The van der Waals surface area contributed by atoms with Crippen LogP contribution >= 0.6 is 22.7 Å². The average Bonchev–Trinajstić information content (AvgIpc) is 3.22. The van der Waals surface area contributed by atoms with E-state index in [1.54, 1.807) is 17.5 Å². The molecule has 1 N–H and O–H groups in total. The van der Waals surface area contributed by atoms with Crippen molar-refractivity contribution in [2.45, 2.75) is 33.2 Å². The second kappa shape index (κ2) is 8.41. The van der Waals surface area contributed by atoms with Gasteiger partial charge >= 0.3 is 0 Å². The number of carbonyl (C=O) groups is 1. The summed E-state index contributed by atoms with van der Waals surface area (Å²) >= 11 is 3.17. The third-order valence-electron chi connectivity index (χ3n) is 3.72. The van der Waals surface area contributed by atoms with Gasteiger partial charge in [-0.2, -0.15) is 11.3 Å². The lowest BCUT2D eigenvalue weighted by Gasteiger charge is -2.29. The first-order valence-corrected chi connectivity index (χ1v) is 9.44. The third-order valence-corrected chi connectivity index (χ3v) is 5.56. The fraction of sp³-hybridized carbons (Fsp3) is 0.500. The molecule has 2 rings (SSSR count). The molecule has 2 aromatic rings. The lowest BCUT2D eigenvalue weighted by atomic mass is 10.1. The summed E-state index contributed by atoms with van der Waals surface area (Å²) in [5.74, 6) is -0.0235. The van der Waals surface area contributed by atoms with Crippen LogP contribution < -0.4 is 5.32 Å². The molecule has 0 bridgehead atoms. The lowest BCUT2D eigenvalue weighted by molar-refractivity contribution is 0.0939. The summed E-state index contributed by atoms with van der Waals surface area (Å²) in [6.45, 7) is 8.91. The first kappa shape index (κ1) is 17.1. The predicted molar refractivity (Wildman–Crippen MR) is 93.8 cm³/mol. The number of hydrogen-bond donors (Lipinski definition) is 1. The molecule has 1 atom stereocenters. The summed E-state index contributed by atoms with van der Waals surface area (Å²) in [6.07, 6.45) is 2.55. The smallest absolute Gasteiger partial charge is 0.263 e. The highest BCUT2D eigenvalue weighted by atomic mass is 32.1. The number of thiophene rings is 1. The van der Waals surface area contributed by atoms with Gasteiger partial charge in [-0.25, -0.2) is 4.98 Å². The standard InChI is InChI=1S/C16H23N3OS2/c1-4-15-17-10-14(22-15)16(20)18-9-13(19(5-2)6-3)12-7-8-21-11-12/h7-8,10-11,13H,4-6,9H2,1-3H3,(H,18,20). The van der Waals surface area contributed by atoms with Crippen LogP contribution in [0, 0.1) is 0 Å². The Hall–Kier alpha value is -1.24. The van der Waals surface area contributed by atoms with Crippen LogP contribution in [0.4, 0.5) is 0 Å². The number of aromatic nitrogens is 1. The Morgan fingerprint density at radius 1 is 1.36 bits per heavy atom. The van der Waals surface area contributed by atoms with Crippen molar-refractivity contribution >= 4 is 28.6 Å². The Bertz CT molecular complexity index is 576. The molecule has 0 aromatic carbocycles. The van der Waals surface area contributed by atoms with E-state index in [1.165, 1.54) is 16.9 Å². The van der Waals surface area contributed by atoms with Gasteiger partial charge in [0.25, 0.3) is 5.91 Å². The highest BCUT2D eigenvalue weighted by Gasteiger charge is 2.20. The van der Waals surface area contributed by atoms with Crippen molar-refractivity contribution in [3.8, 4) is 0 Å². The molecular weight excluding hydrogens is 314 g/mol. The SMILES string of the molecule is CCc1ncc(C(=O)NCC(c2ccsc2)N(CC)CC)s1. The molecule has 0 spiro atoms. The number of aryl methyl sites for hydroxylation is 1. The molecule has 22 heavy (non-hydrogen) atoms. The maximum absolute atomic E-state index is 12.3. The van der Waals surface area contributed by atoms with E-state index in [0.29, 0.717) is 11.4 Å². The van der Waals surface area contributed by atoms with Crippen molar-refractivity contribution < 1.29 is 4.79 Å². The zero-order valence-corrected chi connectivity index (χ0v) is 15.0. The van der Waals surface area contributed by atoms with E-state index in [1.807, 2.05) is 6.92 Å². The van der Waals surface area contributed by atoms with Crippen LogP contribution in [0.5, 0.6) is 0 Å². The molecular formula is C16H23N3OS2. The molecule has 0 aliphatic rings. The Labute approximate surface area is 140 Å². The van der Waals surface area contributed by atoms with Crippen molar-refractivity contribution in [3.05, 3.63) is 38.5 Å². The van der Waals surface area contributed by atoms with E-state index in [0.717, 1.165) is 24.5 Å². The summed E-state index contributed by atoms with van der Waals surface area (Å²) in [7, 11) is 0. The second-order valence-corrected chi connectivity index (χ2v) is 6.87. The topological polar surface area (TPSA) is 45.2 Å². The first-order chi connectivity index (χ1) is 10.7. The van der Waals surface area contributed by atoms with Gasteiger partial charge in [0.2, 0.25) is 0 Å². The van der Waals surface area contributed by atoms with Crippen molar-refractivity contribution in [2.75, 3.05) is 19.6 Å². The van der Waals surface area contributed by atoms with Gasteiger partial charge in [0.15, 0.2) is 0 Å². The van der Waals surface area contributed by atoms with Crippen molar-refractivity contribution in [1.29, 1.82) is 0 Å². The zero-order valence-electron chi connectivity index (χ0n) is 13.3. The maximum atomic E-state index is 12.3. The molecule has 1 amide bonds. The Kier molecular flexibility index (Phi) is 6.54. The minimum Gasteiger partial charge on any atom is -0.349 e. The zero-order chi connectivity index (χ0) is 15.9. The number of nitrogens with one attached hydrogen (secondary N) is 1. The number of thiazole rings is 1. The number of hydrogen-bond acceptors (Lipinski definition) is 5. The Morgan fingerprint density at radius 3 is 2.68 bits per heavy atom. The van der Waals surface area contributed by atoms with Gasteiger partial charge in [-0.3, -0.25) is 9.69 Å². The van der Waals surface area contributed by atoms with Gasteiger partial charge < -0.3 is 5.32 Å². The normalized spacial score (nSPS) is 12.5. The van der Waals surface area contributed by atoms with Gasteiger partial charge in [0.05, 0.1) is 17.2 Å². The van der Waals surface area contributed by atoms with Crippen LogP contribution in [0.25, 0.3) is 0 Å². The van der Waals surface area contributed by atoms with Gasteiger partial charge in [0.1, 0.15) is 4.88 Å². The number of likely N-dealkylation sites (N-methyl/N-ethyl adjacent to an activating group) is 1. The van der Waals surface area contributed by atoms with E-state index in [4.69, 9.17) is 0 Å². The summed E-state index contributed by atoms with van der Waals surface area (Å²) in [6, 6.07) is 2.37. The number of carbonyl (C=O) groups excluding carboxylic acids is 1. The Balaban J connectivity index is 2.03.